The molecule has 0 spiro atoms. The van der Waals surface area contributed by atoms with Crippen LogP contribution >= 0.6 is 0 Å². The van der Waals surface area contributed by atoms with Gasteiger partial charge in [0.05, 0.1) is 0 Å². The zero-order valence-corrected chi connectivity index (χ0v) is 11.6. The second-order valence-electron chi connectivity index (χ2n) is 4.92. The minimum Gasteiger partial charge on any atom is -0.366 e. The number of aryl methyl sites for hydroxylation is 1. The monoisotopic (exact) mass is 253 g/mol. The Morgan fingerprint density at radius 1 is 0.889 bits per heavy atom. The summed E-state index contributed by atoms with van der Waals surface area (Å²) >= 11 is 0. The minimum absolute atomic E-state index is 0.293. The fourth-order valence-electron chi connectivity index (χ4n) is 2.10. The van der Waals surface area contributed by atoms with E-state index in [0.717, 1.165) is 18.7 Å². The maximum atomic E-state index is 5.68. The second kappa shape index (κ2) is 8.78. The summed E-state index contributed by atoms with van der Waals surface area (Å²) in [4.78, 5) is 0. The molecule has 0 saturated heterocycles. The number of aromatic nitrogens is 3. The Morgan fingerprint density at radius 3 is 1.94 bits per heavy atom. The lowest BCUT2D eigenvalue weighted by Crippen LogP contribution is -2.15. The molecule has 0 fully saturated rings. The molecule has 1 heterocycles. The van der Waals surface area contributed by atoms with Crippen molar-refractivity contribution in [2.24, 2.45) is 0 Å². The first kappa shape index (κ1) is 14.8. The zero-order valence-electron chi connectivity index (χ0n) is 11.6. The molecule has 0 bridgehead atoms. The Bertz CT molecular complexity index is 321. The van der Waals surface area contributed by atoms with Crippen LogP contribution in [0, 0.1) is 0 Å². The minimum atomic E-state index is 0.293. The maximum absolute atomic E-state index is 5.68. The van der Waals surface area contributed by atoms with Crippen LogP contribution in [0.15, 0.2) is 0 Å². The molecule has 1 aromatic heterocycles. The van der Waals surface area contributed by atoms with E-state index in [2.05, 4.69) is 17.1 Å². The molecule has 4 N–H and O–H groups in total. The third-order valence-electron chi connectivity index (χ3n) is 3.30. The average Bonchev–Trinajstić information content (AvgIpc) is 2.68. The van der Waals surface area contributed by atoms with E-state index >= 15 is 0 Å². The third kappa shape index (κ3) is 5.38. The Morgan fingerprint density at radius 2 is 1.44 bits per heavy atom. The highest BCUT2D eigenvalue weighted by molar-refractivity contribution is 5.16. The molecule has 1 rings (SSSR count). The van der Waals surface area contributed by atoms with Crippen molar-refractivity contribution in [3.05, 3.63) is 5.82 Å². The summed E-state index contributed by atoms with van der Waals surface area (Å²) in [6.45, 7) is 2.25. The van der Waals surface area contributed by atoms with E-state index in [1.165, 1.54) is 56.0 Å². The first-order valence-electron chi connectivity index (χ1n) is 7.20. The van der Waals surface area contributed by atoms with Gasteiger partial charge in [0.15, 0.2) is 5.82 Å². The Balaban J connectivity index is 1.94. The molecule has 0 saturated carbocycles. The molecule has 0 amide bonds. The third-order valence-corrected chi connectivity index (χ3v) is 3.30. The van der Waals surface area contributed by atoms with E-state index < -0.39 is 0 Å². The van der Waals surface area contributed by atoms with Crippen LogP contribution in [0.25, 0.3) is 0 Å². The molecular weight excluding hydrogens is 226 g/mol. The number of hydrogen-bond donors (Lipinski definition) is 2. The van der Waals surface area contributed by atoms with Crippen molar-refractivity contribution in [2.45, 2.75) is 71.1 Å². The van der Waals surface area contributed by atoms with E-state index in [9.17, 15) is 0 Å². The predicted octanol–water partition coefficient (Wildman–Crippen LogP) is 2.65. The summed E-state index contributed by atoms with van der Waals surface area (Å²) < 4.78 is 1.38. The molecule has 0 unspecified atom stereocenters. The molecule has 1 aromatic rings. The average molecular weight is 253 g/mol. The molecule has 0 aliphatic carbocycles. The van der Waals surface area contributed by atoms with Crippen molar-refractivity contribution in [3.8, 4) is 0 Å². The normalized spacial score (nSPS) is 10.9. The molecule has 0 radical (unpaired) electrons. The summed E-state index contributed by atoms with van der Waals surface area (Å²) in [5, 5.41) is 7.68. The van der Waals surface area contributed by atoms with Gasteiger partial charge >= 0.3 is 0 Å². The topological polar surface area (TPSA) is 82.8 Å². The van der Waals surface area contributed by atoms with Crippen LogP contribution in [0.4, 0.5) is 5.95 Å². The van der Waals surface area contributed by atoms with Gasteiger partial charge in [-0.2, -0.15) is 0 Å². The second-order valence-corrected chi connectivity index (χ2v) is 4.92. The standard InChI is InChI=1S/C13H27N5/c1-2-3-4-5-6-7-8-9-10-11-12-16-17-13(14)18(12)15/h2-11,15H2,1H3,(H2,14,17). The van der Waals surface area contributed by atoms with E-state index in [1.54, 1.807) is 0 Å². The Hall–Kier alpha value is -1.26. The molecule has 104 valence electrons. The molecule has 18 heavy (non-hydrogen) atoms. The van der Waals surface area contributed by atoms with Crippen molar-refractivity contribution in [2.75, 3.05) is 11.6 Å². The maximum Gasteiger partial charge on any atom is 0.240 e. The van der Waals surface area contributed by atoms with Crippen LogP contribution in [0.2, 0.25) is 0 Å². The highest BCUT2D eigenvalue weighted by atomic mass is 15.4. The summed E-state index contributed by atoms with van der Waals surface area (Å²) in [6, 6.07) is 0. The molecule has 0 aromatic carbocycles. The summed E-state index contributed by atoms with van der Waals surface area (Å²) in [6.07, 6.45) is 12.7. The smallest absolute Gasteiger partial charge is 0.240 e. The fraction of sp³-hybridized carbons (Fsp3) is 0.846. The molecule has 5 nitrogen and oxygen atoms in total. The van der Waals surface area contributed by atoms with E-state index in [4.69, 9.17) is 11.6 Å². The van der Waals surface area contributed by atoms with Crippen LogP contribution < -0.4 is 11.6 Å². The van der Waals surface area contributed by atoms with E-state index in [1.807, 2.05) is 0 Å². The van der Waals surface area contributed by atoms with Crippen molar-refractivity contribution < 1.29 is 0 Å². The number of hydrogen-bond acceptors (Lipinski definition) is 4. The van der Waals surface area contributed by atoms with Gasteiger partial charge in [0.1, 0.15) is 0 Å². The molecule has 0 atom stereocenters. The lowest BCUT2D eigenvalue weighted by atomic mass is 10.1. The SMILES string of the molecule is CCCCCCCCCCCc1nnc(N)n1N. The first-order chi connectivity index (χ1) is 8.75. The lowest BCUT2D eigenvalue weighted by molar-refractivity contribution is 0.560. The quantitative estimate of drug-likeness (QED) is 0.496. The van der Waals surface area contributed by atoms with Gasteiger partial charge in [-0.15, -0.1) is 10.2 Å². The predicted molar refractivity (Wildman–Crippen MR) is 75.5 cm³/mol. The lowest BCUT2D eigenvalue weighted by Gasteiger charge is -2.02. The van der Waals surface area contributed by atoms with Crippen molar-refractivity contribution in [1.29, 1.82) is 0 Å². The summed E-state index contributed by atoms with van der Waals surface area (Å²) in [5.74, 6) is 6.76. The number of nitrogen functional groups attached to an aromatic ring is 2. The zero-order chi connectivity index (χ0) is 13.2. The van der Waals surface area contributed by atoms with Crippen LogP contribution in [-0.4, -0.2) is 14.9 Å². The van der Waals surface area contributed by atoms with Gasteiger partial charge in [-0.25, -0.2) is 4.68 Å². The van der Waals surface area contributed by atoms with Gasteiger partial charge in [-0.1, -0.05) is 58.3 Å². The number of anilines is 1. The molecule has 0 aliphatic heterocycles. The highest BCUT2D eigenvalue weighted by Crippen LogP contribution is 2.11. The van der Waals surface area contributed by atoms with Crippen LogP contribution in [0.3, 0.4) is 0 Å². The number of unbranched alkanes of at least 4 members (excludes halogenated alkanes) is 8. The van der Waals surface area contributed by atoms with Gasteiger partial charge in [-0.3, -0.25) is 0 Å². The largest absolute Gasteiger partial charge is 0.366 e. The van der Waals surface area contributed by atoms with Gasteiger partial charge in [0.25, 0.3) is 0 Å². The number of rotatable bonds is 10. The van der Waals surface area contributed by atoms with Gasteiger partial charge < -0.3 is 11.6 Å². The Labute approximate surface area is 110 Å². The first-order valence-corrected chi connectivity index (χ1v) is 7.20. The van der Waals surface area contributed by atoms with Gasteiger partial charge in [-0.05, 0) is 6.42 Å². The molecule has 0 aliphatic rings. The highest BCUT2D eigenvalue weighted by Gasteiger charge is 2.05. The molecule has 5 heteroatoms. The van der Waals surface area contributed by atoms with Crippen molar-refractivity contribution in [1.82, 2.24) is 14.9 Å². The molecular formula is C13H27N5. The van der Waals surface area contributed by atoms with Crippen molar-refractivity contribution in [3.63, 3.8) is 0 Å². The van der Waals surface area contributed by atoms with E-state index in [-0.39, 0.29) is 0 Å². The Kier molecular flexibility index (Phi) is 7.22. The fourth-order valence-corrected chi connectivity index (χ4v) is 2.10. The summed E-state index contributed by atoms with van der Waals surface area (Å²) in [7, 11) is 0. The van der Waals surface area contributed by atoms with Crippen molar-refractivity contribution >= 4 is 5.95 Å². The van der Waals surface area contributed by atoms with Crippen LogP contribution in [-0.2, 0) is 6.42 Å². The van der Waals surface area contributed by atoms with Gasteiger partial charge in [0, 0.05) is 6.42 Å². The number of nitrogens with two attached hydrogens (primary N) is 2. The summed E-state index contributed by atoms with van der Waals surface area (Å²) in [5.41, 5.74) is 5.51. The number of nitrogens with zero attached hydrogens (tertiary/aromatic N) is 3. The van der Waals surface area contributed by atoms with E-state index in [0.29, 0.717) is 5.95 Å². The van der Waals surface area contributed by atoms with Crippen LogP contribution in [0.5, 0.6) is 0 Å². The van der Waals surface area contributed by atoms with Crippen LogP contribution in [0.1, 0.15) is 70.5 Å². The van der Waals surface area contributed by atoms with Gasteiger partial charge in [0.2, 0.25) is 5.95 Å².